The van der Waals surface area contributed by atoms with Gasteiger partial charge in [0.2, 0.25) is 0 Å². The molecule has 30 heavy (non-hydrogen) atoms. The number of nitrogens with zero attached hydrogens (tertiary/aromatic N) is 4. The van der Waals surface area contributed by atoms with Crippen molar-refractivity contribution >= 4 is 29.9 Å². The number of aryl methyl sites for hydroxylation is 1. The largest absolute Gasteiger partial charge is 0.493 e. The molecule has 160 valence electrons. The van der Waals surface area contributed by atoms with E-state index in [1.54, 1.807) is 18.8 Å². The van der Waals surface area contributed by atoms with Crippen molar-refractivity contribution in [3.8, 4) is 11.5 Å². The highest BCUT2D eigenvalue weighted by Crippen LogP contribution is 2.28. The normalized spacial score (nSPS) is 10.8. The van der Waals surface area contributed by atoms with E-state index in [2.05, 4.69) is 25.7 Å². The van der Waals surface area contributed by atoms with Gasteiger partial charge in [-0.3, -0.25) is 9.67 Å². The molecule has 0 atom stereocenters. The molecule has 0 saturated carbocycles. The molecule has 2 N–H and O–H groups in total. The number of hydrogen-bond donors (Lipinski definition) is 2. The predicted octanol–water partition coefficient (Wildman–Crippen LogP) is 2.89. The Kier molecular flexibility index (Phi) is 9.39. The molecule has 9 heteroatoms. The summed E-state index contributed by atoms with van der Waals surface area (Å²) in [6, 6.07) is 15.9. The van der Waals surface area contributed by atoms with Gasteiger partial charge in [-0.2, -0.15) is 5.10 Å². The molecule has 0 radical (unpaired) electrons. The molecule has 1 heterocycles. The van der Waals surface area contributed by atoms with Gasteiger partial charge < -0.3 is 20.1 Å². The van der Waals surface area contributed by atoms with E-state index in [0.717, 1.165) is 17.0 Å². The van der Waals surface area contributed by atoms with Crippen LogP contribution in [0.25, 0.3) is 0 Å². The maximum Gasteiger partial charge on any atom is 0.191 e. The van der Waals surface area contributed by atoms with Crippen molar-refractivity contribution in [2.75, 3.05) is 14.2 Å². The number of rotatable bonds is 8. The van der Waals surface area contributed by atoms with Gasteiger partial charge in [-0.15, -0.1) is 24.0 Å². The van der Waals surface area contributed by atoms with Gasteiger partial charge >= 0.3 is 0 Å². The van der Waals surface area contributed by atoms with Gasteiger partial charge in [0.15, 0.2) is 17.5 Å². The summed E-state index contributed by atoms with van der Waals surface area (Å²) in [6.07, 6.45) is 1.53. The minimum atomic E-state index is 0. The first kappa shape index (κ1) is 23.5. The fraction of sp³-hybridized carbons (Fsp3) is 0.286. The first-order valence-electron chi connectivity index (χ1n) is 9.30. The van der Waals surface area contributed by atoms with Crippen LogP contribution in [-0.2, 0) is 26.7 Å². The van der Waals surface area contributed by atoms with E-state index < -0.39 is 0 Å². The number of methoxy groups -OCH3 is 1. The van der Waals surface area contributed by atoms with Crippen LogP contribution in [-0.4, -0.2) is 34.9 Å². The van der Waals surface area contributed by atoms with Crippen LogP contribution >= 0.6 is 24.0 Å². The van der Waals surface area contributed by atoms with E-state index >= 15 is 0 Å². The Hall–Kier alpha value is -2.82. The Morgan fingerprint density at radius 1 is 1.03 bits per heavy atom. The maximum absolute atomic E-state index is 5.91. The molecule has 1 aromatic heterocycles. The van der Waals surface area contributed by atoms with Gasteiger partial charge in [0.1, 0.15) is 18.8 Å². The first-order valence-corrected chi connectivity index (χ1v) is 9.30. The standard InChI is InChI=1S/C21H26N6O2.HI/c1-22-21(24-13-20-25-15-26-27(20)2)23-12-17-9-10-18(19(11-17)28-3)29-14-16-7-5-4-6-8-16;/h4-11,15H,12-14H2,1-3H3,(H2,22,23,24);1H. The lowest BCUT2D eigenvalue weighted by molar-refractivity contribution is 0.284. The molecule has 0 amide bonds. The summed E-state index contributed by atoms with van der Waals surface area (Å²) < 4.78 is 13.1. The molecule has 8 nitrogen and oxygen atoms in total. The fourth-order valence-electron chi connectivity index (χ4n) is 2.73. The van der Waals surface area contributed by atoms with Gasteiger partial charge in [0, 0.05) is 20.6 Å². The van der Waals surface area contributed by atoms with Crippen LogP contribution in [0.4, 0.5) is 0 Å². The molecule has 2 aromatic carbocycles. The number of ether oxygens (including phenoxy) is 2. The number of halogens is 1. The molecule has 0 aliphatic rings. The van der Waals surface area contributed by atoms with E-state index in [0.29, 0.717) is 37.2 Å². The van der Waals surface area contributed by atoms with E-state index in [1.807, 2.05) is 55.6 Å². The third-order valence-corrected chi connectivity index (χ3v) is 4.37. The van der Waals surface area contributed by atoms with Crippen LogP contribution in [0.5, 0.6) is 11.5 Å². The highest BCUT2D eigenvalue weighted by atomic mass is 127. The second kappa shape index (κ2) is 12.0. The Morgan fingerprint density at radius 2 is 1.80 bits per heavy atom. The van der Waals surface area contributed by atoms with E-state index in [9.17, 15) is 0 Å². The molecule has 3 aromatic rings. The lowest BCUT2D eigenvalue weighted by Gasteiger charge is -2.14. The van der Waals surface area contributed by atoms with Crippen molar-refractivity contribution in [3.05, 3.63) is 71.8 Å². The lowest BCUT2D eigenvalue weighted by Crippen LogP contribution is -2.36. The van der Waals surface area contributed by atoms with Crippen molar-refractivity contribution in [2.45, 2.75) is 19.7 Å². The first-order chi connectivity index (χ1) is 14.2. The molecule has 0 unspecified atom stereocenters. The van der Waals surface area contributed by atoms with Crippen molar-refractivity contribution < 1.29 is 9.47 Å². The van der Waals surface area contributed by atoms with Crippen LogP contribution in [0, 0.1) is 0 Å². The summed E-state index contributed by atoms with van der Waals surface area (Å²) in [5.74, 6) is 2.91. The third kappa shape index (κ3) is 6.61. The van der Waals surface area contributed by atoms with Gasteiger partial charge in [0.25, 0.3) is 0 Å². The highest BCUT2D eigenvalue weighted by Gasteiger charge is 2.08. The average molecular weight is 522 g/mol. The molecular formula is C21H27IN6O2. The molecule has 0 bridgehead atoms. The van der Waals surface area contributed by atoms with Crippen LogP contribution in [0.15, 0.2) is 59.9 Å². The number of hydrogen-bond acceptors (Lipinski definition) is 5. The highest BCUT2D eigenvalue weighted by molar-refractivity contribution is 14.0. The second-order valence-electron chi connectivity index (χ2n) is 6.34. The summed E-state index contributed by atoms with van der Waals surface area (Å²) in [5.41, 5.74) is 2.16. The van der Waals surface area contributed by atoms with Gasteiger partial charge in [-0.1, -0.05) is 36.4 Å². The van der Waals surface area contributed by atoms with Crippen LogP contribution in [0.1, 0.15) is 17.0 Å². The zero-order valence-electron chi connectivity index (χ0n) is 17.3. The predicted molar refractivity (Wildman–Crippen MR) is 127 cm³/mol. The molecule has 0 saturated heterocycles. The number of benzene rings is 2. The minimum Gasteiger partial charge on any atom is -0.493 e. The summed E-state index contributed by atoms with van der Waals surface area (Å²) in [7, 11) is 5.23. The monoisotopic (exact) mass is 522 g/mol. The zero-order valence-corrected chi connectivity index (χ0v) is 19.7. The number of aromatic nitrogens is 3. The van der Waals surface area contributed by atoms with Crippen molar-refractivity contribution in [1.29, 1.82) is 0 Å². The zero-order chi connectivity index (χ0) is 20.5. The third-order valence-electron chi connectivity index (χ3n) is 4.37. The topological polar surface area (TPSA) is 85.6 Å². The minimum absolute atomic E-state index is 0. The number of nitrogens with one attached hydrogen (secondary N) is 2. The van der Waals surface area contributed by atoms with Crippen molar-refractivity contribution in [2.24, 2.45) is 12.0 Å². The van der Waals surface area contributed by atoms with Crippen LogP contribution in [0.2, 0.25) is 0 Å². The van der Waals surface area contributed by atoms with Crippen molar-refractivity contribution in [3.63, 3.8) is 0 Å². The summed E-state index contributed by atoms with van der Waals surface area (Å²) in [4.78, 5) is 8.42. The smallest absolute Gasteiger partial charge is 0.191 e. The Balaban J connectivity index is 0.00000320. The Morgan fingerprint density at radius 3 is 2.47 bits per heavy atom. The van der Waals surface area contributed by atoms with Gasteiger partial charge in [0.05, 0.1) is 13.7 Å². The van der Waals surface area contributed by atoms with Crippen LogP contribution in [0.3, 0.4) is 0 Å². The molecular weight excluding hydrogens is 495 g/mol. The molecule has 0 fully saturated rings. The number of guanidine groups is 1. The molecule has 0 aliphatic heterocycles. The fourth-order valence-corrected chi connectivity index (χ4v) is 2.73. The van der Waals surface area contributed by atoms with E-state index in [1.165, 1.54) is 6.33 Å². The lowest BCUT2D eigenvalue weighted by atomic mass is 10.2. The Bertz CT molecular complexity index is 946. The van der Waals surface area contributed by atoms with E-state index in [4.69, 9.17) is 9.47 Å². The summed E-state index contributed by atoms with van der Waals surface area (Å²) in [5, 5.41) is 10.6. The Labute approximate surface area is 193 Å². The summed E-state index contributed by atoms with van der Waals surface area (Å²) in [6.45, 7) is 1.62. The molecule has 0 aliphatic carbocycles. The second-order valence-corrected chi connectivity index (χ2v) is 6.34. The average Bonchev–Trinajstić information content (AvgIpc) is 3.18. The van der Waals surface area contributed by atoms with Crippen LogP contribution < -0.4 is 20.1 Å². The van der Waals surface area contributed by atoms with Crippen molar-refractivity contribution in [1.82, 2.24) is 25.4 Å². The number of aliphatic imine (C=N–C) groups is 1. The molecule has 3 rings (SSSR count). The van der Waals surface area contributed by atoms with Gasteiger partial charge in [-0.05, 0) is 23.3 Å². The van der Waals surface area contributed by atoms with E-state index in [-0.39, 0.29) is 24.0 Å². The maximum atomic E-state index is 5.91. The summed E-state index contributed by atoms with van der Waals surface area (Å²) >= 11 is 0. The van der Waals surface area contributed by atoms with Gasteiger partial charge in [-0.25, -0.2) is 4.98 Å². The SMILES string of the molecule is CN=C(NCc1ccc(OCc2ccccc2)c(OC)c1)NCc1ncnn1C.I. The molecule has 0 spiro atoms. The quantitative estimate of drug-likeness (QED) is 0.269.